The van der Waals surface area contributed by atoms with Crippen LogP contribution in [0.25, 0.3) is 0 Å². The molecule has 0 saturated heterocycles. The topological polar surface area (TPSA) is 42.9 Å². The summed E-state index contributed by atoms with van der Waals surface area (Å²) in [6.45, 7) is 15.7. The number of fused-ring (bicyclic) bond motifs is 1. The normalized spacial score (nSPS) is 17.6. The largest absolute Gasteiger partial charge is 0.355 e. The molecule has 5 nitrogen and oxygen atoms in total. The maximum absolute atomic E-state index is 4.42. The molecule has 1 aliphatic heterocycles. The second-order valence-corrected chi connectivity index (χ2v) is 8.61. The van der Waals surface area contributed by atoms with Gasteiger partial charge < -0.3 is 15.5 Å². The molecular weight excluding hydrogens is 354 g/mol. The maximum Gasteiger partial charge on any atom is 0.191 e. The summed E-state index contributed by atoms with van der Waals surface area (Å²) >= 11 is 1.90. The van der Waals surface area contributed by atoms with Crippen molar-refractivity contribution in [3.05, 3.63) is 21.9 Å². The van der Waals surface area contributed by atoms with Crippen molar-refractivity contribution in [2.75, 3.05) is 39.8 Å². The lowest BCUT2D eigenvalue weighted by Gasteiger charge is -2.33. The second-order valence-electron chi connectivity index (χ2n) is 7.61. The minimum Gasteiger partial charge on any atom is -0.355 e. The van der Waals surface area contributed by atoms with Crippen LogP contribution in [0.3, 0.4) is 0 Å². The third kappa shape index (κ3) is 7.09. The molecule has 0 aromatic carbocycles. The van der Waals surface area contributed by atoms with E-state index in [1.54, 1.807) is 4.88 Å². The van der Waals surface area contributed by atoms with E-state index in [0.717, 1.165) is 38.7 Å². The predicted molar refractivity (Wildman–Crippen MR) is 119 cm³/mol. The van der Waals surface area contributed by atoms with E-state index in [9.17, 15) is 0 Å². The van der Waals surface area contributed by atoms with E-state index in [-0.39, 0.29) is 0 Å². The number of hydrogen-bond acceptors (Lipinski definition) is 4. The fourth-order valence-electron chi connectivity index (χ4n) is 3.68. The van der Waals surface area contributed by atoms with Crippen molar-refractivity contribution >= 4 is 17.3 Å². The molecule has 2 N–H and O–H groups in total. The van der Waals surface area contributed by atoms with Gasteiger partial charge in [0.1, 0.15) is 0 Å². The average Bonchev–Trinajstić information content (AvgIpc) is 3.16. The minimum absolute atomic E-state index is 0.436. The number of nitrogens with zero attached hydrogens (tertiary/aromatic N) is 3. The highest BCUT2D eigenvalue weighted by atomic mass is 32.1. The zero-order chi connectivity index (χ0) is 19.6. The first-order valence-electron chi connectivity index (χ1n) is 10.6. The van der Waals surface area contributed by atoms with E-state index < -0.39 is 0 Å². The van der Waals surface area contributed by atoms with Crippen molar-refractivity contribution in [1.82, 2.24) is 20.4 Å². The van der Waals surface area contributed by atoms with Crippen molar-refractivity contribution in [2.24, 2.45) is 4.99 Å². The molecule has 1 aromatic heterocycles. The zero-order valence-electron chi connectivity index (χ0n) is 17.9. The van der Waals surface area contributed by atoms with E-state index in [4.69, 9.17) is 0 Å². The Balaban J connectivity index is 1.69. The summed E-state index contributed by atoms with van der Waals surface area (Å²) in [7, 11) is 1.86. The number of nitrogens with one attached hydrogen (secondary N) is 2. The SMILES string of the molecule is CCN(CC)CCCC(C)NC(=NC)NCC(C)N1CCc2sccc2C1. The summed E-state index contributed by atoms with van der Waals surface area (Å²) in [5.74, 6) is 0.922. The first-order chi connectivity index (χ1) is 13.1. The van der Waals surface area contributed by atoms with Crippen LogP contribution in [0.4, 0.5) is 0 Å². The van der Waals surface area contributed by atoms with Gasteiger partial charge in [0.25, 0.3) is 0 Å². The Morgan fingerprint density at radius 1 is 1.33 bits per heavy atom. The van der Waals surface area contributed by atoms with Gasteiger partial charge in [0.2, 0.25) is 0 Å². The van der Waals surface area contributed by atoms with Crippen LogP contribution < -0.4 is 10.6 Å². The van der Waals surface area contributed by atoms with Gasteiger partial charge in [-0.3, -0.25) is 9.89 Å². The van der Waals surface area contributed by atoms with Gasteiger partial charge in [-0.05, 0) is 69.8 Å². The van der Waals surface area contributed by atoms with E-state index in [1.807, 2.05) is 18.4 Å². The summed E-state index contributed by atoms with van der Waals surface area (Å²) in [6.07, 6.45) is 3.58. The monoisotopic (exact) mass is 393 g/mol. The Kier molecular flexibility index (Phi) is 9.59. The Morgan fingerprint density at radius 2 is 2.11 bits per heavy atom. The lowest BCUT2D eigenvalue weighted by molar-refractivity contribution is 0.192. The summed E-state index contributed by atoms with van der Waals surface area (Å²) in [4.78, 5) is 11.0. The minimum atomic E-state index is 0.436. The lowest BCUT2D eigenvalue weighted by atomic mass is 10.1. The van der Waals surface area contributed by atoms with Gasteiger partial charge in [0, 0.05) is 43.6 Å². The van der Waals surface area contributed by atoms with E-state index in [1.165, 1.54) is 31.4 Å². The molecule has 0 spiro atoms. The highest BCUT2D eigenvalue weighted by Crippen LogP contribution is 2.24. The highest BCUT2D eigenvalue weighted by molar-refractivity contribution is 7.10. The molecule has 1 aliphatic rings. The summed E-state index contributed by atoms with van der Waals surface area (Å²) in [6, 6.07) is 3.21. The van der Waals surface area contributed by atoms with Crippen LogP contribution >= 0.6 is 11.3 Å². The Hall–Kier alpha value is -1.11. The van der Waals surface area contributed by atoms with Gasteiger partial charge in [-0.15, -0.1) is 11.3 Å². The quantitative estimate of drug-likeness (QED) is 0.473. The van der Waals surface area contributed by atoms with Crippen molar-refractivity contribution < 1.29 is 0 Å². The fraction of sp³-hybridized carbons (Fsp3) is 0.762. The maximum atomic E-state index is 4.42. The summed E-state index contributed by atoms with van der Waals surface area (Å²) < 4.78 is 0. The molecule has 2 heterocycles. The molecule has 2 unspecified atom stereocenters. The number of thiophene rings is 1. The summed E-state index contributed by atoms with van der Waals surface area (Å²) in [5, 5.41) is 9.30. The first kappa shape index (κ1) is 22.2. The number of aliphatic imine (C=N–C) groups is 1. The molecule has 2 rings (SSSR count). The molecular formula is C21H39N5S. The lowest BCUT2D eigenvalue weighted by Crippen LogP contribution is -2.48. The first-order valence-corrected chi connectivity index (χ1v) is 11.4. The Labute approximate surface area is 170 Å². The van der Waals surface area contributed by atoms with Crippen molar-refractivity contribution in [3.63, 3.8) is 0 Å². The standard InChI is InChI=1S/C21H39N5S/c1-6-25(7-2)12-8-9-17(3)24-21(22-5)23-15-18(4)26-13-10-20-19(16-26)11-14-27-20/h11,14,17-18H,6-10,12-13,15-16H2,1-5H3,(H2,22,23,24). The smallest absolute Gasteiger partial charge is 0.191 e. The number of hydrogen-bond donors (Lipinski definition) is 2. The van der Waals surface area contributed by atoms with Crippen LogP contribution in [0, 0.1) is 0 Å². The molecule has 1 aromatic rings. The van der Waals surface area contributed by atoms with Crippen molar-refractivity contribution in [1.29, 1.82) is 0 Å². The summed E-state index contributed by atoms with van der Waals surface area (Å²) in [5.41, 5.74) is 1.52. The van der Waals surface area contributed by atoms with E-state index >= 15 is 0 Å². The molecule has 2 atom stereocenters. The molecule has 0 amide bonds. The average molecular weight is 394 g/mol. The highest BCUT2D eigenvalue weighted by Gasteiger charge is 2.21. The number of guanidine groups is 1. The van der Waals surface area contributed by atoms with Gasteiger partial charge in [0.05, 0.1) is 0 Å². The molecule has 0 saturated carbocycles. The fourth-order valence-corrected chi connectivity index (χ4v) is 4.57. The molecule has 27 heavy (non-hydrogen) atoms. The van der Waals surface area contributed by atoms with Gasteiger partial charge in [-0.1, -0.05) is 13.8 Å². The van der Waals surface area contributed by atoms with E-state index in [0.29, 0.717) is 12.1 Å². The second kappa shape index (κ2) is 11.7. The Morgan fingerprint density at radius 3 is 2.81 bits per heavy atom. The molecule has 0 fully saturated rings. The van der Waals surface area contributed by atoms with Crippen LogP contribution in [0.15, 0.2) is 16.4 Å². The van der Waals surface area contributed by atoms with Crippen LogP contribution in [0.2, 0.25) is 0 Å². The zero-order valence-corrected chi connectivity index (χ0v) is 18.7. The molecule has 0 radical (unpaired) electrons. The number of rotatable bonds is 10. The third-order valence-electron chi connectivity index (χ3n) is 5.64. The molecule has 6 heteroatoms. The van der Waals surface area contributed by atoms with Crippen LogP contribution in [0.1, 0.15) is 51.0 Å². The van der Waals surface area contributed by atoms with Gasteiger partial charge in [-0.25, -0.2) is 0 Å². The van der Waals surface area contributed by atoms with Crippen LogP contribution in [0.5, 0.6) is 0 Å². The van der Waals surface area contributed by atoms with Gasteiger partial charge in [-0.2, -0.15) is 0 Å². The van der Waals surface area contributed by atoms with E-state index in [2.05, 4.69) is 64.6 Å². The predicted octanol–water partition coefficient (Wildman–Crippen LogP) is 3.17. The molecule has 0 bridgehead atoms. The van der Waals surface area contributed by atoms with Crippen molar-refractivity contribution in [2.45, 2.75) is 65.6 Å². The molecule has 0 aliphatic carbocycles. The van der Waals surface area contributed by atoms with Gasteiger partial charge in [0.15, 0.2) is 5.96 Å². The van der Waals surface area contributed by atoms with Crippen LogP contribution in [-0.2, 0) is 13.0 Å². The van der Waals surface area contributed by atoms with Crippen LogP contribution in [-0.4, -0.2) is 67.6 Å². The van der Waals surface area contributed by atoms with Crippen molar-refractivity contribution in [3.8, 4) is 0 Å². The third-order valence-corrected chi connectivity index (χ3v) is 6.66. The Bertz CT molecular complexity index is 567. The van der Waals surface area contributed by atoms with Gasteiger partial charge >= 0.3 is 0 Å². The molecule has 154 valence electrons.